The highest BCUT2D eigenvalue weighted by Crippen LogP contribution is 2.30. The second-order valence-electron chi connectivity index (χ2n) is 5.81. The van der Waals surface area contributed by atoms with Crippen molar-refractivity contribution >= 4 is 69.5 Å². The van der Waals surface area contributed by atoms with E-state index in [1.165, 1.54) is 11.3 Å². The topological polar surface area (TPSA) is 42.0 Å². The largest absolute Gasteiger partial charge is 0.325 e. The van der Waals surface area contributed by atoms with Gasteiger partial charge in [-0.05, 0) is 42.3 Å². The van der Waals surface area contributed by atoms with Gasteiger partial charge in [-0.3, -0.25) is 4.79 Å². The van der Waals surface area contributed by atoms with E-state index < -0.39 is 0 Å². The number of aryl methyl sites for hydroxylation is 1. The van der Waals surface area contributed by atoms with Gasteiger partial charge in [0.15, 0.2) is 0 Å². The van der Waals surface area contributed by atoms with E-state index in [4.69, 9.17) is 34.8 Å². The van der Waals surface area contributed by atoms with Crippen LogP contribution in [-0.2, 0) is 17.0 Å². The van der Waals surface area contributed by atoms with Crippen LogP contribution >= 0.6 is 57.9 Å². The predicted molar refractivity (Wildman–Crippen MR) is 117 cm³/mol. The van der Waals surface area contributed by atoms with Gasteiger partial charge in [0.1, 0.15) is 4.34 Å². The van der Waals surface area contributed by atoms with Crippen molar-refractivity contribution in [3.63, 3.8) is 0 Å². The van der Waals surface area contributed by atoms with Gasteiger partial charge < -0.3 is 5.32 Å². The van der Waals surface area contributed by atoms with Crippen molar-refractivity contribution in [1.82, 2.24) is 4.98 Å². The van der Waals surface area contributed by atoms with Crippen LogP contribution in [0.4, 0.5) is 5.69 Å². The fourth-order valence-corrected chi connectivity index (χ4v) is 4.88. The standard InChI is InChI=1S/C19H15Cl3N2OS2/c1-11-2-4-14(21)7-17(11)24-18(25)8-15-10-27-19(23-15)26-9-12-3-5-13(20)6-16(12)22/h2-7,10H,8-9H2,1H3,(H,24,25). The van der Waals surface area contributed by atoms with Crippen molar-refractivity contribution in [1.29, 1.82) is 0 Å². The lowest BCUT2D eigenvalue weighted by Crippen LogP contribution is -2.15. The van der Waals surface area contributed by atoms with Gasteiger partial charge >= 0.3 is 0 Å². The van der Waals surface area contributed by atoms with Gasteiger partial charge in [-0.2, -0.15) is 0 Å². The Balaban J connectivity index is 1.57. The Morgan fingerprint density at radius 2 is 1.89 bits per heavy atom. The Bertz CT molecular complexity index is 975. The molecule has 2 aromatic carbocycles. The van der Waals surface area contributed by atoms with Gasteiger partial charge in [0, 0.05) is 31.9 Å². The SMILES string of the molecule is Cc1ccc(Cl)cc1NC(=O)Cc1csc(SCc2ccc(Cl)cc2Cl)n1. The Kier molecular flexibility index (Phi) is 7.06. The molecular weight excluding hydrogens is 443 g/mol. The van der Waals surface area contributed by atoms with E-state index in [1.54, 1.807) is 30.0 Å². The number of nitrogens with one attached hydrogen (secondary N) is 1. The van der Waals surface area contributed by atoms with Crippen LogP contribution in [0.25, 0.3) is 0 Å². The molecule has 0 aliphatic rings. The summed E-state index contributed by atoms with van der Waals surface area (Å²) in [4.78, 5) is 16.8. The number of anilines is 1. The maximum absolute atomic E-state index is 12.3. The summed E-state index contributed by atoms with van der Waals surface area (Å²) in [7, 11) is 0. The Morgan fingerprint density at radius 3 is 2.67 bits per heavy atom. The second kappa shape index (κ2) is 9.30. The van der Waals surface area contributed by atoms with Crippen molar-refractivity contribution in [3.05, 3.63) is 73.7 Å². The average Bonchev–Trinajstić information content (AvgIpc) is 3.04. The molecule has 1 aromatic heterocycles. The highest BCUT2D eigenvalue weighted by molar-refractivity contribution is 8.00. The number of benzene rings is 2. The van der Waals surface area contributed by atoms with Crippen LogP contribution < -0.4 is 5.32 Å². The number of aromatic nitrogens is 1. The fourth-order valence-electron chi connectivity index (χ4n) is 2.30. The number of thioether (sulfide) groups is 1. The molecule has 1 amide bonds. The third kappa shape index (κ3) is 5.87. The zero-order chi connectivity index (χ0) is 19.4. The fraction of sp³-hybridized carbons (Fsp3) is 0.158. The molecule has 0 fully saturated rings. The molecule has 140 valence electrons. The molecule has 0 unspecified atom stereocenters. The maximum atomic E-state index is 12.3. The van der Waals surface area contributed by atoms with E-state index in [1.807, 2.05) is 30.5 Å². The van der Waals surface area contributed by atoms with Gasteiger partial charge in [-0.25, -0.2) is 4.98 Å². The van der Waals surface area contributed by atoms with Crippen LogP contribution in [-0.4, -0.2) is 10.9 Å². The van der Waals surface area contributed by atoms with Crippen molar-refractivity contribution in [3.8, 4) is 0 Å². The summed E-state index contributed by atoms with van der Waals surface area (Å²) >= 11 is 21.2. The van der Waals surface area contributed by atoms with Gasteiger partial charge in [-0.15, -0.1) is 11.3 Å². The summed E-state index contributed by atoms with van der Waals surface area (Å²) in [5.41, 5.74) is 3.41. The lowest BCUT2D eigenvalue weighted by molar-refractivity contribution is -0.115. The molecule has 0 saturated carbocycles. The molecule has 0 atom stereocenters. The van der Waals surface area contributed by atoms with Crippen molar-refractivity contribution < 1.29 is 4.79 Å². The number of amides is 1. The second-order valence-corrected chi connectivity index (χ2v) is 9.17. The summed E-state index contributed by atoms with van der Waals surface area (Å²) in [6.07, 6.45) is 0.213. The molecule has 27 heavy (non-hydrogen) atoms. The lowest BCUT2D eigenvalue weighted by atomic mass is 10.2. The number of hydrogen-bond acceptors (Lipinski definition) is 4. The summed E-state index contributed by atoms with van der Waals surface area (Å²) in [5.74, 6) is 0.569. The summed E-state index contributed by atoms with van der Waals surface area (Å²) in [5, 5.41) is 6.63. The van der Waals surface area contributed by atoms with E-state index in [2.05, 4.69) is 10.3 Å². The zero-order valence-electron chi connectivity index (χ0n) is 14.3. The first-order valence-electron chi connectivity index (χ1n) is 7.98. The first kappa shape index (κ1) is 20.5. The third-order valence-electron chi connectivity index (χ3n) is 3.71. The van der Waals surface area contributed by atoms with Crippen molar-refractivity contribution in [2.75, 3.05) is 5.32 Å². The summed E-state index contributed by atoms with van der Waals surface area (Å²) < 4.78 is 0.891. The monoisotopic (exact) mass is 456 g/mol. The van der Waals surface area contributed by atoms with Crippen LogP contribution in [0.3, 0.4) is 0 Å². The number of rotatable bonds is 6. The van der Waals surface area contributed by atoms with E-state index >= 15 is 0 Å². The number of nitrogens with zero attached hydrogens (tertiary/aromatic N) is 1. The molecule has 0 aliphatic carbocycles. The minimum absolute atomic E-state index is 0.122. The molecule has 3 aromatic rings. The quantitative estimate of drug-likeness (QED) is 0.410. The summed E-state index contributed by atoms with van der Waals surface area (Å²) in [6.45, 7) is 1.92. The van der Waals surface area contributed by atoms with Gasteiger partial charge in [0.05, 0.1) is 12.1 Å². The minimum atomic E-state index is -0.122. The van der Waals surface area contributed by atoms with Gasteiger partial charge in [0.2, 0.25) is 5.91 Å². The molecule has 0 bridgehead atoms. The maximum Gasteiger partial charge on any atom is 0.230 e. The van der Waals surface area contributed by atoms with E-state index in [0.29, 0.717) is 20.8 Å². The van der Waals surface area contributed by atoms with Crippen molar-refractivity contribution in [2.45, 2.75) is 23.4 Å². The lowest BCUT2D eigenvalue weighted by Gasteiger charge is -2.08. The zero-order valence-corrected chi connectivity index (χ0v) is 18.2. The molecule has 3 rings (SSSR count). The number of halogens is 3. The number of hydrogen-bond donors (Lipinski definition) is 1. The van der Waals surface area contributed by atoms with Crippen LogP contribution in [0, 0.1) is 6.92 Å². The minimum Gasteiger partial charge on any atom is -0.325 e. The molecule has 0 saturated heterocycles. The van der Waals surface area contributed by atoms with E-state index in [-0.39, 0.29) is 12.3 Å². The van der Waals surface area contributed by atoms with Gasteiger partial charge in [0.25, 0.3) is 0 Å². The molecule has 3 nitrogen and oxygen atoms in total. The van der Waals surface area contributed by atoms with Crippen LogP contribution in [0.15, 0.2) is 46.1 Å². The summed E-state index contributed by atoms with van der Waals surface area (Å²) in [6, 6.07) is 10.9. The molecule has 0 aliphatic heterocycles. The average molecular weight is 458 g/mol. The third-order valence-corrected chi connectivity index (χ3v) is 6.65. The normalized spacial score (nSPS) is 10.8. The molecular formula is C19H15Cl3N2OS2. The first-order chi connectivity index (χ1) is 12.9. The van der Waals surface area contributed by atoms with Crippen LogP contribution in [0.2, 0.25) is 15.1 Å². The molecule has 8 heteroatoms. The Morgan fingerprint density at radius 1 is 1.15 bits per heavy atom. The van der Waals surface area contributed by atoms with E-state index in [9.17, 15) is 4.79 Å². The molecule has 1 heterocycles. The molecule has 1 N–H and O–H groups in total. The number of thiazole rings is 1. The van der Waals surface area contributed by atoms with Crippen LogP contribution in [0.1, 0.15) is 16.8 Å². The first-order valence-corrected chi connectivity index (χ1v) is 11.0. The highest BCUT2D eigenvalue weighted by Gasteiger charge is 2.11. The Hall–Kier alpha value is -1.24. The van der Waals surface area contributed by atoms with Gasteiger partial charge in [-0.1, -0.05) is 58.7 Å². The predicted octanol–water partition coefficient (Wildman–Crippen LogP) is 6.89. The number of carbonyl (C=O) groups is 1. The number of carbonyl (C=O) groups excluding carboxylic acids is 1. The Labute approximate surface area is 181 Å². The van der Waals surface area contributed by atoms with E-state index in [0.717, 1.165) is 26.8 Å². The van der Waals surface area contributed by atoms with Crippen molar-refractivity contribution in [2.24, 2.45) is 0 Å². The molecule has 0 spiro atoms. The van der Waals surface area contributed by atoms with Crippen LogP contribution in [0.5, 0.6) is 0 Å². The molecule has 0 radical (unpaired) electrons. The smallest absolute Gasteiger partial charge is 0.230 e. The highest BCUT2D eigenvalue weighted by atomic mass is 35.5.